The topological polar surface area (TPSA) is 103 Å². The first-order chi connectivity index (χ1) is 23.1. The maximum absolute atomic E-state index is 14.8. The second-order valence-electron chi connectivity index (χ2n) is 13.3. The fraction of sp³-hybridized carbons (Fsp3) is 0.368. The normalized spacial score (nSPS) is 17.7. The third kappa shape index (κ3) is 5.71. The van der Waals surface area contributed by atoms with E-state index in [2.05, 4.69) is 29.7 Å². The molecule has 1 aromatic heterocycles. The Morgan fingerprint density at radius 3 is 2.38 bits per heavy atom. The van der Waals surface area contributed by atoms with Crippen LogP contribution < -0.4 is 4.90 Å². The van der Waals surface area contributed by atoms with E-state index in [1.54, 1.807) is 43.1 Å². The summed E-state index contributed by atoms with van der Waals surface area (Å²) in [7, 11) is -1.66. The Labute approximate surface area is 282 Å². The summed E-state index contributed by atoms with van der Waals surface area (Å²) in [4.78, 5) is 32.4. The maximum Gasteiger partial charge on any atom is 0.259 e. The molecule has 0 saturated heterocycles. The van der Waals surface area contributed by atoms with Crippen LogP contribution >= 0.6 is 0 Å². The summed E-state index contributed by atoms with van der Waals surface area (Å²) in [6.07, 6.45) is 3.99. The molecule has 4 aromatic rings. The molecule has 3 aliphatic heterocycles. The van der Waals surface area contributed by atoms with Gasteiger partial charge in [-0.2, -0.15) is 4.31 Å². The van der Waals surface area contributed by atoms with Crippen molar-refractivity contribution in [3.05, 3.63) is 106 Å². The lowest BCUT2D eigenvalue weighted by Crippen LogP contribution is -2.43. The van der Waals surface area contributed by atoms with E-state index in [0.29, 0.717) is 36.3 Å². The molecule has 0 fully saturated rings. The van der Waals surface area contributed by atoms with E-state index in [-0.39, 0.29) is 35.9 Å². The summed E-state index contributed by atoms with van der Waals surface area (Å²) >= 11 is 0. The van der Waals surface area contributed by atoms with E-state index in [1.165, 1.54) is 9.87 Å². The number of phenols is 1. The summed E-state index contributed by atoms with van der Waals surface area (Å²) in [5.41, 5.74) is 8.66. The summed E-state index contributed by atoms with van der Waals surface area (Å²) < 4.78 is 29.5. The standard InChI is InChI=1S/C38H42N4O5S/c1-4-48(46,47)40-18-16-27-20-32(33(21-29(27)23-40)38(45)42-24-28-10-6-5-9-26(28)19-25(42)2)36-22-34(35-11-7-8-17-41(35)36)37(44)39(3)30-12-14-31(43)15-13-30/h5-6,9-10,12-15,20-22,25,43H,4,7-8,11,16-19,23-24H2,1-3H3/t25-/m1/s1. The van der Waals surface area contributed by atoms with Gasteiger partial charge in [0, 0.05) is 67.5 Å². The Bertz CT molecular complexity index is 2020. The van der Waals surface area contributed by atoms with E-state index >= 15 is 0 Å². The number of aromatic hydroxyl groups is 1. The first kappa shape index (κ1) is 32.2. The Morgan fingerprint density at radius 1 is 0.875 bits per heavy atom. The summed E-state index contributed by atoms with van der Waals surface area (Å²) in [6, 6.07) is 20.7. The number of nitrogens with zero attached hydrogens (tertiary/aromatic N) is 4. The molecule has 7 rings (SSSR count). The zero-order valence-corrected chi connectivity index (χ0v) is 28.6. The fourth-order valence-electron chi connectivity index (χ4n) is 7.56. The molecule has 10 heteroatoms. The second-order valence-corrected chi connectivity index (χ2v) is 15.5. The minimum absolute atomic E-state index is 0.0226. The molecule has 9 nitrogen and oxygen atoms in total. The molecule has 4 heterocycles. The molecule has 0 aliphatic carbocycles. The second kappa shape index (κ2) is 12.6. The number of sulfonamides is 1. The van der Waals surface area contributed by atoms with Gasteiger partial charge in [-0.15, -0.1) is 0 Å². The van der Waals surface area contributed by atoms with Crippen LogP contribution in [-0.2, 0) is 48.9 Å². The highest BCUT2D eigenvalue weighted by atomic mass is 32.2. The highest BCUT2D eigenvalue weighted by molar-refractivity contribution is 7.89. The zero-order chi connectivity index (χ0) is 33.7. The van der Waals surface area contributed by atoms with Crippen LogP contribution in [0.25, 0.3) is 11.3 Å². The van der Waals surface area contributed by atoms with E-state index in [4.69, 9.17) is 0 Å². The first-order valence-electron chi connectivity index (χ1n) is 16.9. The molecule has 0 spiro atoms. The number of rotatable bonds is 6. The van der Waals surface area contributed by atoms with Gasteiger partial charge in [0.25, 0.3) is 11.8 Å². The van der Waals surface area contributed by atoms with Crippen molar-refractivity contribution in [1.82, 2.24) is 13.8 Å². The monoisotopic (exact) mass is 666 g/mol. The van der Waals surface area contributed by atoms with E-state index in [9.17, 15) is 23.1 Å². The molecule has 1 atom stereocenters. The van der Waals surface area contributed by atoms with Crippen LogP contribution in [0, 0.1) is 0 Å². The molecule has 2 amide bonds. The number of amides is 2. The van der Waals surface area contributed by atoms with Gasteiger partial charge in [-0.25, -0.2) is 8.42 Å². The van der Waals surface area contributed by atoms with Crippen molar-refractivity contribution in [3.8, 4) is 17.0 Å². The lowest BCUT2D eigenvalue weighted by atomic mass is 9.90. The smallest absolute Gasteiger partial charge is 0.259 e. The van der Waals surface area contributed by atoms with Crippen molar-refractivity contribution in [2.45, 2.75) is 71.6 Å². The lowest BCUT2D eigenvalue weighted by Gasteiger charge is -2.36. The van der Waals surface area contributed by atoms with E-state index < -0.39 is 10.0 Å². The van der Waals surface area contributed by atoms with Gasteiger partial charge < -0.3 is 19.5 Å². The molecule has 48 heavy (non-hydrogen) atoms. The Morgan fingerprint density at radius 2 is 1.62 bits per heavy atom. The zero-order valence-electron chi connectivity index (χ0n) is 27.8. The number of carbonyl (C=O) groups is 2. The van der Waals surface area contributed by atoms with E-state index in [1.807, 2.05) is 29.2 Å². The maximum atomic E-state index is 14.8. The molecular formula is C38H42N4O5S. The molecule has 250 valence electrons. The molecule has 0 bridgehead atoms. The Hall–Kier alpha value is -4.41. The largest absolute Gasteiger partial charge is 0.508 e. The van der Waals surface area contributed by atoms with Crippen LogP contribution in [0.4, 0.5) is 5.69 Å². The van der Waals surface area contributed by atoms with Gasteiger partial charge in [0.05, 0.1) is 11.3 Å². The van der Waals surface area contributed by atoms with Crippen LogP contribution in [0.1, 0.15) is 75.4 Å². The molecular weight excluding hydrogens is 625 g/mol. The summed E-state index contributed by atoms with van der Waals surface area (Å²) in [6.45, 7) is 5.60. The van der Waals surface area contributed by atoms with Crippen LogP contribution in [-0.4, -0.2) is 64.5 Å². The minimum atomic E-state index is -3.40. The van der Waals surface area contributed by atoms with Crippen LogP contribution in [0.2, 0.25) is 0 Å². The lowest BCUT2D eigenvalue weighted by molar-refractivity contribution is 0.0658. The molecule has 0 radical (unpaired) electrons. The number of hydrogen-bond acceptors (Lipinski definition) is 5. The Balaban J connectivity index is 1.35. The number of aromatic nitrogens is 1. The van der Waals surface area contributed by atoms with Crippen LogP contribution in [0.5, 0.6) is 5.75 Å². The summed E-state index contributed by atoms with van der Waals surface area (Å²) in [5.74, 6) is -0.0757. The van der Waals surface area contributed by atoms with Crippen LogP contribution in [0.3, 0.4) is 0 Å². The van der Waals surface area contributed by atoms with Gasteiger partial charge in [0.2, 0.25) is 10.0 Å². The average molecular weight is 667 g/mol. The highest BCUT2D eigenvalue weighted by Gasteiger charge is 2.34. The highest BCUT2D eigenvalue weighted by Crippen LogP contribution is 2.38. The fourth-order valence-corrected chi connectivity index (χ4v) is 8.63. The number of anilines is 1. The molecule has 1 N–H and O–H groups in total. The van der Waals surface area contributed by atoms with Crippen molar-refractivity contribution >= 4 is 27.5 Å². The number of phenolic OH excluding ortho intramolecular Hbond substituents is 1. The number of carbonyl (C=O) groups excluding carboxylic acids is 2. The van der Waals surface area contributed by atoms with Gasteiger partial charge in [-0.05, 0) is 111 Å². The van der Waals surface area contributed by atoms with Crippen LogP contribution in [0.15, 0.2) is 66.7 Å². The van der Waals surface area contributed by atoms with Crippen molar-refractivity contribution < 1.29 is 23.1 Å². The predicted octanol–water partition coefficient (Wildman–Crippen LogP) is 5.77. The van der Waals surface area contributed by atoms with Crippen molar-refractivity contribution in [3.63, 3.8) is 0 Å². The Kier molecular flexibility index (Phi) is 8.41. The SMILES string of the molecule is CCS(=O)(=O)N1CCc2cc(-c3cc(C(=O)N(C)c4ccc(O)cc4)c4n3CCCC4)c(C(=O)N3Cc4ccccc4C[C@H]3C)cc2C1. The quantitative estimate of drug-likeness (QED) is 0.282. The molecule has 0 unspecified atom stereocenters. The average Bonchev–Trinajstić information content (AvgIpc) is 3.49. The van der Waals surface area contributed by atoms with Gasteiger partial charge in [-0.1, -0.05) is 24.3 Å². The van der Waals surface area contributed by atoms with Gasteiger partial charge in [0.15, 0.2) is 0 Å². The molecule has 3 aromatic carbocycles. The molecule has 0 saturated carbocycles. The van der Waals surface area contributed by atoms with Gasteiger partial charge in [-0.3, -0.25) is 9.59 Å². The van der Waals surface area contributed by atoms with Gasteiger partial charge in [0.1, 0.15) is 5.75 Å². The number of fused-ring (bicyclic) bond motifs is 3. The van der Waals surface area contributed by atoms with Crippen molar-refractivity contribution in [2.75, 3.05) is 24.2 Å². The minimum Gasteiger partial charge on any atom is -0.508 e. The first-order valence-corrected chi connectivity index (χ1v) is 18.5. The number of hydrogen-bond donors (Lipinski definition) is 1. The third-order valence-corrected chi connectivity index (χ3v) is 12.2. The van der Waals surface area contributed by atoms with Crippen molar-refractivity contribution in [1.29, 1.82) is 0 Å². The van der Waals surface area contributed by atoms with E-state index in [0.717, 1.165) is 65.9 Å². The summed E-state index contributed by atoms with van der Waals surface area (Å²) in [5, 5.41) is 9.79. The number of benzene rings is 3. The third-order valence-electron chi connectivity index (χ3n) is 10.4. The van der Waals surface area contributed by atoms with Gasteiger partial charge >= 0.3 is 0 Å². The van der Waals surface area contributed by atoms with Crippen molar-refractivity contribution in [2.24, 2.45) is 0 Å². The molecule has 3 aliphatic rings. The predicted molar refractivity (Wildman–Crippen MR) is 187 cm³/mol.